The van der Waals surface area contributed by atoms with Crippen molar-refractivity contribution in [3.63, 3.8) is 0 Å². The summed E-state index contributed by atoms with van der Waals surface area (Å²) in [6.07, 6.45) is -2.67. The van der Waals surface area contributed by atoms with Gasteiger partial charge in [-0.05, 0) is 31.2 Å². The molecule has 3 aromatic rings. The number of aromatic amines is 1. The van der Waals surface area contributed by atoms with Crippen LogP contribution < -0.4 is 10.9 Å². The zero-order chi connectivity index (χ0) is 22.8. The minimum absolute atomic E-state index is 0.000524. The first-order valence-corrected chi connectivity index (χ1v) is 9.46. The molecule has 3 heterocycles. The van der Waals surface area contributed by atoms with E-state index in [-0.39, 0.29) is 27.1 Å². The molecule has 3 rings (SSSR count). The van der Waals surface area contributed by atoms with E-state index in [2.05, 4.69) is 25.8 Å². The fourth-order valence-electron chi connectivity index (χ4n) is 2.63. The Labute approximate surface area is 184 Å². The van der Waals surface area contributed by atoms with Crippen LogP contribution >= 0.6 is 23.2 Å². The second kappa shape index (κ2) is 8.94. The largest absolute Gasteiger partial charge is 0.417 e. The molecule has 0 saturated heterocycles. The average Bonchev–Trinajstić information content (AvgIpc) is 3.20. The number of pyridine rings is 2. The molecule has 0 bridgehead atoms. The van der Waals surface area contributed by atoms with E-state index in [9.17, 15) is 22.8 Å². The third-order valence-corrected chi connectivity index (χ3v) is 4.75. The molecule has 1 unspecified atom stereocenters. The highest BCUT2D eigenvalue weighted by atomic mass is 35.5. The summed E-state index contributed by atoms with van der Waals surface area (Å²) < 4.78 is 38.3. The Hall–Kier alpha value is -3.11. The lowest BCUT2D eigenvalue weighted by molar-refractivity contribution is -0.137. The van der Waals surface area contributed by atoms with Gasteiger partial charge in [0.15, 0.2) is 5.78 Å². The second-order valence-corrected chi connectivity index (χ2v) is 7.20. The average molecular weight is 472 g/mol. The van der Waals surface area contributed by atoms with Gasteiger partial charge in [-0.1, -0.05) is 29.3 Å². The summed E-state index contributed by atoms with van der Waals surface area (Å²) in [4.78, 5) is 35.3. The van der Waals surface area contributed by atoms with E-state index in [0.29, 0.717) is 12.0 Å². The molecule has 0 aliphatic carbocycles. The van der Waals surface area contributed by atoms with Crippen LogP contribution in [0.15, 0.2) is 42.7 Å². The monoisotopic (exact) mass is 471 g/mol. The summed E-state index contributed by atoms with van der Waals surface area (Å²) >= 11 is 11.7. The molecule has 3 N–H and O–H groups in total. The lowest BCUT2D eigenvalue weighted by Crippen LogP contribution is -2.30. The minimum Gasteiger partial charge on any atom is -0.356 e. The maximum Gasteiger partial charge on any atom is 0.417 e. The number of carbonyl (C=O) groups is 2. The van der Waals surface area contributed by atoms with Crippen LogP contribution in [0.1, 0.15) is 44.9 Å². The maximum absolute atomic E-state index is 12.8. The number of ketones is 1. The van der Waals surface area contributed by atoms with E-state index in [4.69, 9.17) is 23.2 Å². The van der Waals surface area contributed by atoms with Crippen molar-refractivity contribution < 1.29 is 22.8 Å². The summed E-state index contributed by atoms with van der Waals surface area (Å²) in [6, 6.07) is 6.81. The van der Waals surface area contributed by atoms with Crippen molar-refractivity contribution in [3.8, 4) is 0 Å². The van der Waals surface area contributed by atoms with Gasteiger partial charge in [0.05, 0.1) is 22.2 Å². The smallest absolute Gasteiger partial charge is 0.356 e. The van der Waals surface area contributed by atoms with E-state index < -0.39 is 29.3 Å². The van der Waals surface area contributed by atoms with Gasteiger partial charge in [0.2, 0.25) is 0 Å². The zero-order valence-corrected chi connectivity index (χ0v) is 17.2. The first-order valence-electron chi connectivity index (χ1n) is 8.70. The highest BCUT2D eigenvalue weighted by Gasteiger charge is 2.32. The van der Waals surface area contributed by atoms with Crippen LogP contribution in [0.5, 0.6) is 0 Å². The predicted molar refractivity (Wildman–Crippen MR) is 108 cm³/mol. The number of hydrogen-bond donors (Lipinski definition) is 3. The number of alkyl halides is 3. The number of nitrogens with zero attached hydrogens (tertiary/aromatic N) is 2. The number of aromatic nitrogens is 3. The SMILES string of the molecule is CC(C(=O)c1c[nH]c(C(=O)NNc2cccc(Cl)n2)c1)c1ncc(C(F)(F)F)cc1Cl. The van der Waals surface area contributed by atoms with Crippen LogP contribution in [0.25, 0.3) is 0 Å². The standard InChI is InChI=1S/C19H14Cl2F3N5O2/c1-9(16-12(20)6-11(8-26-16)19(22,23)24)17(30)10-5-13(25-7-10)18(31)29-28-15-4-2-3-14(21)27-15/h2-9,25H,1H3,(H,27,28)(H,29,31). The molecule has 1 atom stereocenters. The molecule has 0 aliphatic heterocycles. The summed E-state index contributed by atoms with van der Waals surface area (Å²) in [6.45, 7) is 1.46. The number of hydrazine groups is 1. The molecule has 0 saturated carbocycles. The minimum atomic E-state index is -4.60. The summed E-state index contributed by atoms with van der Waals surface area (Å²) in [5, 5.41) is -0.0427. The van der Waals surface area contributed by atoms with Crippen molar-refractivity contribution >= 4 is 40.7 Å². The van der Waals surface area contributed by atoms with Crippen LogP contribution in [0.2, 0.25) is 10.2 Å². The maximum atomic E-state index is 12.8. The van der Waals surface area contributed by atoms with Gasteiger partial charge in [-0.25, -0.2) is 4.98 Å². The van der Waals surface area contributed by atoms with Crippen molar-refractivity contribution in [2.75, 3.05) is 5.43 Å². The molecule has 1 amide bonds. The van der Waals surface area contributed by atoms with E-state index in [1.165, 1.54) is 19.2 Å². The number of amides is 1. The number of anilines is 1. The third kappa shape index (κ3) is 5.33. The van der Waals surface area contributed by atoms with Crippen molar-refractivity contribution in [2.45, 2.75) is 19.0 Å². The fourth-order valence-corrected chi connectivity index (χ4v) is 3.12. The summed E-state index contributed by atoms with van der Waals surface area (Å²) in [5.41, 5.74) is 4.16. The predicted octanol–water partition coefficient (Wildman–Crippen LogP) is 4.87. The number of nitrogens with one attached hydrogen (secondary N) is 3. The Morgan fingerprint density at radius 1 is 1.19 bits per heavy atom. The van der Waals surface area contributed by atoms with Crippen molar-refractivity contribution in [1.82, 2.24) is 20.4 Å². The molecule has 3 aromatic heterocycles. The van der Waals surface area contributed by atoms with Crippen LogP contribution in [0.3, 0.4) is 0 Å². The summed E-state index contributed by atoms with van der Waals surface area (Å²) in [5.74, 6) is -1.69. The van der Waals surface area contributed by atoms with Crippen LogP contribution in [-0.2, 0) is 6.18 Å². The Balaban J connectivity index is 1.70. The molecule has 162 valence electrons. The first-order chi connectivity index (χ1) is 14.6. The first kappa shape index (κ1) is 22.6. The second-order valence-electron chi connectivity index (χ2n) is 6.40. The molecule has 0 spiro atoms. The zero-order valence-electron chi connectivity index (χ0n) is 15.7. The quantitative estimate of drug-likeness (QED) is 0.270. The lowest BCUT2D eigenvalue weighted by atomic mass is 9.97. The van der Waals surface area contributed by atoms with Crippen molar-refractivity contribution in [2.24, 2.45) is 0 Å². The topological polar surface area (TPSA) is 99.8 Å². The highest BCUT2D eigenvalue weighted by Crippen LogP contribution is 2.33. The van der Waals surface area contributed by atoms with E-state index >= 15 is 0 Å². The van der Waals surface area contributed by atoms with Crippen LogP contribution in [-0.4, -0.2) is 26.6 Å². The van der Waals surface area contributed by atoms with Gasteiger partial charge in [0, 0.05) is 18.0 Å². The van der Waals surface area contributed by atoms with Gasteiger partial charge < -0.3 is 4.98 Å². The Kier molecular flexibility index (Phi) is 6.51. The highest BCUT2D eigenvalue weighted by molar-refractivity contribution is 6.31. The molecule has 0 fully saturated rings. The third-order valence-electron chi connectivity index (χ3n) is 4.23. The van der Waals surface area contributed by atoms with Gasteiger partial charge in [-0.15, -0.1) is 0 Å². The van der Waals surface area contributed by atoms with Crippen molar-refractivity contribution in [3.05, 3.63) is 75.4 Å². The number of H-pyrrole nitrogens is 1. The summed E-state index contributed by atoms with van der Waals surface area (Å²) in [7, 11) is 0. The molecular formula is C19H14Cl2F3N5O2. The normalized spacial score (nSPS) is 12.3. The molecular weight excluding hydrogens is 458 g/mol. The Bertz CT molecular complexity index is 1130. The molecule has 0 radical (unpaired) electrons. The molecule has 0 aromatic carbocycles. The van der Waals surface area contributed by atoms with Gasteiger partial charge >= 0.3 is 6.18 Å². The fraction of sp³-hybridized carbons (Fsp3) is 0.158. The Morgan fingerprint density at radius 2 is 1.94 bits per heavy atom. The van der Waals surface area contributed by atoms with Gasteiger partial charge in [-0.2, -0.15) is 13.2 Å². The molecule has 0 aliphatic rings. The van der Waals surface area contributed by atoms with Crippen molar-refractivity contribution in [1.29, 1.82) is 0 Å². The lowest BCUT2D eigenvalue weighted by Gasteiger charge is -2.13. The van der Waals surface area contributed by atoms with Crippen LogP contribution in [0, 0.1) is 0 Å². The van der Waals surface area contributed by atoms with Gasteiger partial charge in [0.25, 0.3) is 5.91 Å². The van der Waals surface area contributed by atoms with E-state index in [1.807, 2.05) is 0 Å². The van der Waals surface area contributed by atoms with Crippen LogP contribution in [0.4, 0.5) is 19.0 Å². The molecule has 31 heavy (non-hydrogen) atoms. The Morgan fingerprint density at radius 3 is 2.58 bits per heavy atom. The number of halogens is 5. The number of rotatable bonds is 6. The number of hydrogen-bond acceptors (Lipinski definition) is 5. The molecule has 7 nitrogen and oxygen atoms in total. The van der Waals surface area contributed by atoms with Gasteiger partial charge in [0.1, 0.15) is 16.7 Å². The van der Waals surface area contributed by atoms with E-state index in [1.54, 1.807) is 18.2 Å². The number of carbonyl (C=O) groups excluding carboxylic acids is 2. The van der Waals surface area contributed by atoms with Gasteiger partial charge in [-0.3, -0.25) is 25.4 Å². The van der Waals surface area contributed by atoms with E-state index in [0.717, 1.165) is 6.07 Å². The molecule has 12 heteroatoms. The number of Topliss-reactive ketones (excluding diaryl/α,β-unsaturated/α-hetero) is 1.